The number of nitrogens with zero attached hydrogens (tertiary/aromatic N) is 4. The fourth-order valence-corrected chi connectivity index (χ4v) is 3.92. The lowest BCUT2D eigenvalue weighted by Gasteiger charge is -2.39. The third-order valence-corrected chi connectivity index (χ3v) is 5.36. The lowest BCUT2D eigenvalue weighted by atomic mass is 9.85. The van der Waals surface area contributed by atoms with Gasteiger partial charge in [-0.15, -0.1) is 0 Å². The van der Waals surface area contributed by atoms with Crippen LogP contribution in [0.25, 0.3) is 0 Å². The summed E-state index contributed by atoms with van der Waals surface area (Å²) in [6.45, 7) is 5.50. The van der Waals surface area contributed by atoms with E-state index in [0.29, 0.717) is 12.8 Å². The Hall–Kier alpha value is -2.05. The Morgan fingerprint density at radius 1 is 1.16 bits per heavy atom. The number of rotatable bonds is 2. The smallest absolute Gasteiger partial charge is 0.135 e. The lowest BCUT2D eigenvalue weighted by molar-refractivity contribution is 0.0113. The van der Waals surface area contributed by atoms with Crippen molar-refractivity contribution < 1.29 is 5.11 Å². The molecular formula is C19H25N5O. The van der Waals surface area contributed by atoms with Gasteiger partial charge in [0, 0.05) is 49.6 Å². The summed E-state index contributed by atoms with van der Waals surface area (Å²) in [6.07, 6.45) is 6.83. The van der Waals surface area contributed by atoms with Gasteiger partial charge < -0.3 is 15.3 Å². The largest absolute Gasteiger partial charge is 0.385 e. The van der Waals surface area contributed by atoms with E-state index in [1.54, 1.807) is 12.4 Å². The first kappa shape index (κ1) is 16.4. The molecule has 0 spiro atoms. The fourth-order valence-electron chi connectivity index (χ4n) is 3.92. The number of piperidine rings is 1. The fraction of sp³-hybridized carbons (Fsp3) is 0.526. The van der Waals surface area contributed by atoms with Gasteiger partial charge in [0.25, 0.3) is 0 Å². The van der Waals surface area contributed by atoms with Crippen molar-refractivity contribution in [2.75, 3.05) is 31.1 Å². The number of fused-ring (bicyclic) bond motifs is 1. The zero-order valence-electron chi connectivity index (χ0n) is 14.7. The molecule has 2 aromatic rings. The summed E-state index contributed by atoms with van der Waals surface area (Å²) >= 11 is 0. The highest BCUT2D eigenvalue weighted by molar-refractivity contribution is 5.51. The Bertz CT molecular complexity index is 741. The summed E-state index contributed by atoms with van der Waals surface area (Å²) in [5.74, 6) is 1.91. The molecule has 0 amide bonds. The van der Waals surface area contributed by atoms with Crippen molar-refractivity contribution in [3.8, 4) is 0 Å². The Labute approximate surface area is 148 Å². The average Bonchev–Trinajstić information content (AvgIpc) is 2.88. The summed E-state index contributed by atoms with van der Waals surface area (Å²) in [7, 11) is 0. The van der Waals surface area contributed by atoms with Gasteiger partial charge in [-0.2, -0.15) is 0 Å². The molecule has 0 saturated carbocycles. The molecule has 0 atom stereocenters. The van der Waals surface area contributed by atoms with Crippen molar-refractivity contribution in [2.45, 2.75) is 38.2 Å². The molecule has 1 fully saturated rings. The zero-order valence-corrected chi connectivity index (χ0v) is 14.7. The van der Waals surface area contributed by atoms with E-state index in [2.05, 4.69) is 20.2 Å². The molecule has 0 aromatic carbocycles. The predicted molar refractivity (Wildman–Crippen MR) is 96.6 cm³/mol. The highest BCUT2D eigenvalue weighted by Crippen LogP contribution is 2.35. The average molecular weight is 339 g/mol. The monoisotopic (exact) mass is 339 g/mol. The Morgan fingerprint density at radius 2 is 1.96 bits per heavy atom. The van der Waals surface area contributed by atoms with E-state index in [1.165, 1.54) is 11.3 Å². The molecule has 25 heavy (non-hydrogen) atoms. The van der Waals surface area contributed by atoms with E-state index in [1.807, 2.05) is 19.1 Å². The van der Waals surface area contributed by atoms with Crippen LogP contribution in [0.3, 0.4) is 0 Å². The van der Waals surface area contributed by atoms with Gasteiger partial charge in [-0.05, 0) is 38.8 Å². The maximum atomic E-state index is 11.0. The molecule has 0 unspecified atom stereocenters. The van der Waals surface area contributed by atoms with E-state index in [9.17, 15) is 5.11 Å². The van der Waals surface area contributed by atoms with Gasteiger partial charge in [0.05, 0.1) is 11.3 Å². The number of hydrogen-bond donors (Lipinski definition) is 2. The van der Waals surface area contributed by atoms with Crippen LogP contribution in [-0.4, -0.2) is 46.2 Å². The van der Waals surface area contributed by atoms with Crippen LogP contribution in [0.5, 0.6) is 0 Å². The molecule has 2 aromatic heterocycles. The quantitative estimate of drug-likeness (QED) is 0.860. The van der Waals surface area contributed by atoms with E-state index in [4.69, 9.17) is 4.98 Å². The molecule has 2 aliphatic heterocycles. The van der Waals surface area contributed by atoms with Crippen LogP contribution < -0.4 is 10.2 Å². The van der Waals surface area contributed by atoms with Gasteiger partial charge in [-0.3, -0.25) is 4.98 Å². The van der Waals surface area contributed by atoms with Crippen LogP contribution in [-0.2, 0) is 18.4 Å². The van der Waals surface area contributed by atoms with Gasteiger partial charge >= 0.3 is 0 Å². The number of pyridine rings is 1. The molecule has 0 bridgehead atoms. The summed E-state index contributed by atoms with van der Waals surface area (Å²) < 4.78 is 0. The SMILES string of the molecule is Cc1nc2c(c(N3CCC(O)(c4cccnc4)CC3)n1)CCNCC2. The van der Waals surface area contributed by atoms with Crippen molar-refractivity contribution in [2.24, 2.45) is 0 Å². The van der Waals surface area contributed by atoms with Crippen molar-refractivity contribution in [3.63, 3.8) is 0 Å². The summed E-state index contributed by atoms with van der Waals surface area (Å²) in [4.78, 5) is 15.9. The summed E-state index contributed by atoms with van der Waals surface area (Å²) in [5.41, 5.74) is 2.59. The van der Waals surface area contributed by atoms with Gasteiger partial charge in [-0.1, -0.05) is 6.07 Å². The first-order chi connectivity index (χ1) is 12.2. The third kappa shape index (κ3) is 3.24. The van der Waals surface area contributed by atoms with Crippen LogP contribution in [0.1, 0.15) is 35.5 Å². The summed E-state index contributed by atoms with van der Waals surface area (Å²) in [5, 5.41) is 14.5. The van der Waals surface area contributed by atoms with Crippen molar-refractivity contribution in [3.05, 3.63) is 47.2 Å². The first-order valence-electron chi connectivity index (χ1n) is 9.11. The predicted octanol–water partition coefficient (Wildman–Crippen LogP) is 1.36. The van der Waals surface area contributed by atoms with Crippen LogP contribution in [0.4, 0.5) is 5.82 Å². The van der Waals surface area contributed by atoms with Crippen molar-refractivity contribution in [1.82, 2.24) is 20.3 Å². The first-order valence-corrected chi connectivity index (χ1v) is 9.11. The standard InChI is InChI=1S/C19H25N5O/c1-14-22-17-5-10-20-9-4-16(17)18(23-14)24-11-6-19(25,7-12-24)15-3-2-8-21-13-15/h2-3,8,13,20,25H,4-7,9-12H2,1H3. The molecule has 6 heteroatoms. The second-order valence-corrected chi connectivity index (χ2v) is 7.03. The molecule has 2 N–H and O–H groups in total. The lowest BCUT2D eigenvalue weighted by Crippen LogP contribution is -2.43. The molecule has 0 radical (unpaired) electrons. The van der Waals surface area contributed by atoms with Crippen LogP contribution in [0, 0.1) is 6.92 Å². The van der Waals surface area contributed by atoms with E-state index >= 15 is 0 Å². The number of aryl methyl sites for hydroxylation is 1. The number of hydrogen-bond acceptors (Lipinski definition) is 6. The van der Waals surface area contributed by atoms with Gasteiger partial charge in [0.1, 0.15) is 11.6 Å². The van der Waals surface area contributed by atoms with Gasteiger partial charge in [-0.25, -0.2) is 9.97 Å². The number of nitrogens with one attached hydrogen (secondary N) is 1. The molecule has 4 heterocycles. The highest BCUT2D eigenvalue weighted by Gasteiger charge is 2.35. The zero-order chi connectivity index (χ0) is 17.3. The topological polar surface area (TPSA) is 74.2 Å². The second kappa shape index (κ2) is 6.69. The van der Waals surface area contributed by atoms with E-state index in [-0.39, 0.29) is 0 Å². The van der Waals surface area contributed by atoms with Crippen LogP contribution >= 0.6 is 0 Å². The molecule has 0 aliphatic carbocycles. The Kier molecular flexibility index (Phi) is 4.39. The maximum absolute atomic E-state index is 11.0. The molecule has 6 nitrogen and oxygen atoms in total. The maximum Gasteiger partial charge on any atom is 0.135 e. The second-order valence-electron chi connectivity index (χ2n) is 7.03. The summed E-state index contributed by atoms with van der Waals surface area (Å²) in [6, 6.07) is 3.86. The third-order valence-electron chi connectivity index (χ3n) is 5.36. The van der Waals surface area contributed by atoms with E-state index in [0.717, 1.165) is 56.2 Å². The van der Waals surface area contributed by atoms with Gasteiger partial charge in [0.2, 0.25) is 0 Å². The van der Waals surface area contributed by atoms with Crippen molar-refractivity contribution in [1.29, 1.82) is 0 Å². The van der Waals surface area contributed by atoms with Crippen LogP contribution in [0.15, 0.2) is 24.5 Å². The minimum atomic E-state index is -0.786. The highest BCUT2D eigenvalue weighted by atomic mass is 16.3. The molecule has 132 valence electrons. The van der Waals surface area contributed by atoms with E-state index < -0.39 is 5.60 Å². The minimum absolute atomic E-state index is 0.689. The molecule has 2 aliphatic rings. The Balaban J connectivity index is 1.58. The minimum Gasteiger partial charge on any atom is -0.385 e. The van der Waals surface area contributed by atoms with Gasteiger partial charge in [0.15, 0.2) is 0 Å². The normalized spacial score (nSPS) is 20.0. The number of aromatic nitrogens is 3. The van der Waals surface area contributed by atoms with Crippen LogP contribution in [0.2, 0.25) is 0 Å². The molecule has 4 rings (SSSR count). The Morgan fingerprint density at radius 3 is 2.72 bits per heavy atom. The number of aliphatic hydroxyl groups is 1. The molecular weight excluding hydrogens is 314 g/mol. The molecule has 1 saturated heterocycles. The van der Waals surface area contributed by atoms with Crippen molar-refractivity contribution >= 4 is 5.82 Å². The number of anilines is 1.